The first kappa shape index (κ1) is 19.1. The Bertz CT molecular complexity index is 651. The molecule has 0 aliphatic carbocycles. The van der Waals surface area contributed by atoms with E-state index in [1.165, 1.54) is 0 Å². The first-order valence-corrected chi connectivity index (χ1v) is 7.15. The molecule has 116 valence electrons. The van der Waals surface area contributed by atoms with E-state index < -0.39 is 0 Å². The molecule has 0 unspecified atom stereocenters. The minimum Gasteiger partial charge on any atom is -0.507 e. The van der Waals surface area contributed by atoms with Crippen LogP contribution in [0.3, 0.4) is 0 Å². The Hall–Kier alpha value is -2.00. The van der Waals surface area contributed by atoms with Gasteiger partial charge in [-0.3, -0.25) is 9.98 Å². The van der Waals surface area contributed by atoms with Gasteiger partial charge in [0.25, 0.3) is 0 Å². The maximum atomic E-state index is 9.69. The van der Waals surface area contributed by atoms with Gasteiger partial charge in [0.15, 0.2) is 0 Å². The first-order chi connectivity index (χ1) is 10.6. The molecule has 2 aromatic rings. The summed E-state index contributed by atoms with van der Waals surface area (Å²) in [7, 11) is 0. The minimum atomic E-state index is 0. The van der Waals surface area contributed by atoms with Gasteiger partial charge in [0.2, 0.25) is 0 Å². The summed E-state index contributed by atoms with van der Waals surface area (Å²) in [6, 6.07) is 10.8. The molecule has 0 radical (unpaired) electrons. The molecular weight excluding hydrogens is 342 g/mol. The van der Waals surface area contributed by atoms with Crippen molar-refractivity contribution >= 4 is 12.4 Å². The second kappa shape index (κ2) is 9.21. The fourth-order valence-corrected chi connectivity index (χ4v) is 2.00. The molecule has 5 heteroatoms. The van der Waals surface area contributed by atoms with Gasteiger partial charge < -0.3 is 10.2 Å². The van der Waals surface area contributed by atoms with Crippen molar-refractivity contribution in [1.82, 2.24) is 0 Å². The van der Waals surface area contributed by atoms with E-state index in [0.717, 1.165) is 11.1 Å². The van der Waals surface area contributed by atoms with Gasteiger partial charge in [-0.15, -0.1) is 0 Å². The van der Waals surface area contributed by atoms with Gasteiger partial charge >= 0.3 is 0 Å². The molecule has 0 aliphatic rings. The number of aryl methyl sites for hydroxylation is 2. The molecule has 0 fully saturated rings. The second-order valence-electron chi connectivity index (χ2n) is 5.20. The van der Waals surface area contributed by atoms with E-state index in [1.54, 1.807) is 24.6 Å². The average molecular weight is 362 g/mol. The summed E-state index contributed by atoms with van der Waals surface area (Å²) in [4.78, 5) is 8.51. The van der Waals surface area contributed by atoms with Crippen LogP contribution < -0.4 is 0 Å². The molecule has 0 saturated carbocycles. The zero-order valence-corrected chi connectivity index (χ0v) is 16.5. The summed E-state index contributed by atoms with van der Waals surface area (Å²) < 4.78 is 0. The molecule has 2 N–H and O–H groups in total. The van der Waals surface area contributed by atoms with E-state index in [2.05, 4.69) is 9.98 Å². The van der Waals surface area contributed by atoms with Crippen LogP contribution in [-0.4, -0.2) is 35.7 Å². The zero-order chi connectivity index (χ0) is 15.9. The molecule has 23 heavy (non-hydrogen) atoms. The molecule has 0 heterocycles. The van der Waals surface area contributed by atoms with Crippen molar-refractivity contribution in [2.45, 2.75) is 13.8 Å². The molecular formula is C18H20N2O2Zn. The van der Waals surface area contributed by atoms with Crippen LogP contribution in [0.4, 0.5) is 0 Å². The fraction of sp³-hybridized carbons (Fsp3) is 0.222. The molecule has 0 aromatic heterocycles. The van der Waals surface area contributed by atoms with Crippen molar-refractivity contribution in [1.29, 1.82) is 0 Å². The van der Waals surface area contributed by atoms with Crippen molar-refractivity contribution in [2.24, 2.45) is 9.98 Å². The molecule has 4 nitrogen and oxygen atoms in total. The van der Waals surface area contributed by atoms with E-state index in [1.807, 2.05) is 38.1 Å². The van der Waals surface area contributed by atoms with Crippen molar-refractivity contribution in [2.75, 3.05) is 13.1 Å². The SMILES string of the molecule is Cc1ccc(O)c(C=NCCN=Cc2cc(C)ccc2O)c1.[Zn]. The van der Waals surface area contributed by atoms with Gasteiger partial charge in [0.1, 0.15) is 11.5 Å². The Kier molecular flexibility index (Phi) is 7.63. The van der Waals surface area contributed by atoms with Gasteiger partial charge in [-0.25, -0.2) is 0 Å². The largest absolute Gasteiger partial charge is 0.507 e. The number of benzene rings is 2. The number of hydrogen-bond donors (Lipinski definition) is 2. The molecule has 0 bridgehead atoms. The molecule has 0 aliphatic heterocycles. The van der Waals surface area contributed by atoms with Crippen molar-refractivity contribution in [3.8, 4) is 11.5 Å². The van der Waals surface area contributed by atoms with E-state index in [-0.39, 0.29) is 31.0 Å². The number of rotatable bonds is 5. The number of hydrogen-bond acceptors (Lipinski definition) is 4. The number of aliphatic imine (C=N–C) groups is 2. The monoisotopic (exact) mass is 360 g/mol. The quantitative estimate of drug-likeness (QED) is 0.488. The molecule has 0 atom stereocenters. The summed E-state index contributed by atoms with van der Waals surface area (Å²) in [5, 5.41) is 19.4. The Morgan fingerprint density at radius 1 is 0.783 bits per heavy atom. The predicted octanol–water partition coefficient (Wildman–Crippen LogP) is 3.25. The smallest absolute Gasteiger partial charge is 0.124 e. The summed E-state index contributed by atoms with van der Waals surface area (Å²) in [6.07, 6.45) is 3.31. The van der Waals surface area contributed by atoms with Crippen molar-refractivity contribution in [3.05, 3.63) is 58.7 Å². The summed E-state index contributed by atoms with van der Waals surface area (Å²) >= 11 is 0. The van der Waals surface area contributed by atoms with Crippen LogP contribution >= 0.6 is 0 Å². The van der Waals surface area contributed by atoms with Crippen LogP contribution in [0.1, 0.15) is 22.3 Å². The van der Waals surface area contributed by atoms with Crippen LogP contribution in [0.15, 0.2) is 46.4 Å². The van der Waals surface area contributed by atoms with Gasteiger partial charge in [0, 0.05) is 43.0 Å². The molecule has 2 rings (SSSR count). The molecule has 0 saturated heterocycles. The number of nitrogens with zero attached hydrogens (tertiary/aromatic N) is 2. The number of aromatic hydroxyl groups is 2. The first-order valence-electron chi connectivity index (χ1n) is 7.15. The summed E-state index contributed by atoms with van der Waals surface area (Å²) in [5.74, 6) is 0.449. The predicted molar refractivity (Wildman–Crippen MR) is 90.6 cm³/mol. The van der Waals surface area contributed by atoms with Crippen LogP contribution in [-0.2, 0) is 19.5 Å². The average Bonchev–Trinajstić information content (AvgIpc) is 2.49. The third kappa shape index (κ3) is 5.95. The maximum absolute atomic E-state index is 9.69. The summed E-state index contributed by atoms with van der Waals surface area (Å²) in [5.41, 5.74) is 3.57. The topological polar surface area (TPSA) is 65.2 Å². The van der Waals surface area contributed by atoms with Gasteiger partial charge in [-0.2, -0.15) is 0 Å². The zero-order valence-electron chi connectivity index (χ0n) is 13.5. The Morgan fingerprint density at radius 3 is 1.57 bits per heavy atom. The number of phenolic OH excluding ortho intramolecular Hbond substituents is 2. The van der Waals surface area contributed by atoms with Gasteiger partial charge in [0.05, 0.1) is 13.1 Å². The molecule has 2 aromatic carbocycles. The molecule has 0 spiro atoms. The van der Waals surface area contributed by atoms with Gasteiger partial charge in [-0.05, 0) is 38.1 Å². The third-order valence-corrected chi connectivity index (χ3v) is 3.19. The second-order valence-corrected chi connectivity index (χ2v) is 5.20. The van der Waals surface area contributed by atoms with Crippen LogP contribution in [0.25, 0.3) is 0 Å². The normalized spacial score (nSPS) is 11.0. The van der Waals surface area contributed by atoms with E-state index in [0.29, 0.717) is 24.2 Å². The summed E-state index contributed by atoms with van der Waals surface area (Å²) in [6.45, 7) is 4.98. The van der Waals surface area contributed by atoms with E-state index >= 15 is 0 Å². The Labute approximate surface area is 149 Å². The standard InChI is InChI=1S/C18H20N2O2.Zn/c1-13-3-5-17(21)15(9-13)11-19-7-8-20-12-16-10-14(2)4-6-18(16)22;/h3-6,9-12,21-22H,7-8H2,1-2H3;. The number of phenols is 2. The fourth-order valence-electron chi connectivity index (χ4n) is 2.00. The molecule has 0 amide bonds. The van der Waals surface area contributed by atoms with E-state index in [9.17, 15) is 10.2 Å². The Balaban J connectivity index is 0.00000264. The van der Waals surface area contributed by atoms with Crippen LogP contribution in [0, 0.1) is 13.8 Å². The van der Waals surface area contributed by atoms with Crippen molar-refractivity contribution in [3.63, 3.8) is 0 Å². The minimum absolute atomic E-state index is 0. The van der Waals surface area contributed by atoms with Gasteiger partial charge in [-0.1, -0.05) is 23.3 Å². The van der Waals surface area contributed by atoms with E-state index in [4.69, 9.17) is 0 Å². The van der Waals surface area contributed by atoms with Crippen molar-refractivity contribution < 1.29 is 29.7 Å². The Morgan fingerprint density at radius 2 is 1.17 bits per heavy atom. The van der Waals surface area contributed by atoms with Crippen LogP contribution in [0.2, 0.25) is 0 Å². The van der Waals surface area contributed by atoms with Crippen LogP contribution in [0.5, 0.6) is 11.5 Å². The third-order valence-electron chi connectivity index (χ3n) is 3.19. The maximum Gasteiger partial charge on any atom is 0.124 e.